The van der Waals surface area contributed by atoms with Crippen LogP contribution < -0.4 is 0 Å². The van der Waals surface area contributed by atoms with Crippen LogP contribution in [-0.2, 0) is 29.4 Å². The van der Waals surface area contributed by atoms with E-state index in [2.05, 4.69) is 35.8 Å². The summed E-state index contributed by atoms with van der Waals surface area (Å²) in [5, 5.41) is 0. The Bertz CT molecular complexity index is 1070. The third-order valence-corrected chi connectivity index (χ3v) is 4.95. The summed E-state index contributed by atoms with van der Waals surface area (Å²) in [7, 11) is 9.71. The molecule has 0 saturated heterocycles. The average Bonchev–Trinajstić information content (AvgIpc) is 3.61. The Morgan fingerprint density at radius 3 is 1.54 bits per heavy atom. The molecule has 0 amide bonds. The van der Waals surface area contributed by atoms with Crippen LogP contribution in [-0.4, -0.2) is 36.3 Å². The minimum Gasteiger partial charge on any atom is -0.474 e. The first kappa shape index (κ1) is 26.7. The molecule has 1 aromatic heterocycles. The van der Waals surface area contributed by atoms with Gasteiger partial charge in [0.2, 0.25) is 11.8 Å². The van der Waals surface area contributed by atoms with Gasteiger partial charge in [0, 0.05) is 0 Å². The summed E-state index contributed by atoms with van der Waals surface area (Å²) in [6.07, 6.45) is 1.83. The van der Waals surface area contributed by atoms with Crippen molar-refractivity contribution >= 4 is 37.5 Å². The summed E-state index contributed by atoms with van der Waals surface area (Å²) >= 11 is -0.346. The third kappa shape index (κ3) is 7.82. The molecule has 35 heavy (non-hydrogen) atoms. The normalized spacial score (nSPS) is 17.9. The second kappa shape index (κ2) is 14.5. The van der Waals surface area contributed by atoms with Crippen molar-refractivity contribution in [3.05, 3.63) is 114 Å². The van der Waals surface area contributed by atoms with Gasteiger partial charge in [-0.25, -0.2) is 15.0 Å². The van der Waals surface area contributed by atoms with Gasteiger partial charge in [-0.15, -0.1) is 0 Å². The molecule has 5 rings (SSSR count). The van der Waals surface area contributed by atoms with Crippen molar-refractivity contribution in [2.24, 2.45) is 9.98 Å². The minimum absolute atomic E-state index is 0.00388. The number of carbonyl (C=O) groups is 1. The van der Waals surface area contributed by atoms with E-state index in [0.717, 1.165) is 11.1 Å². The number of carbonyl (C=O) groups excluding carboxylic acids is 1. The number of aromatic nitrogens is 1. The van der Waals surface area contributed by atoms with Gasteiger partial charge in [-0.3, -0.25) is 4.79 Å². The Balaban J connectivity index is 0.000000438. The Morgan fingerprint density at radius 1 is 0.771 bits per heavy atom. The molecule has 2 aliphatic heterocycles. The van der Waals surface area contributed by atoms with Crippen LogP contribution in [0.2, 0.25) is 0 Å². The van der Waals surface area contributed by atoms with Gasteiger partial charge in [-0.1, -0.05) is 73.3 Å². The van der Waals surface area contributed by atoms with E-state index in [1.165, 1.54) is 6.08 Å². The van der Waals surface area contributed by atoms with Crippen LogP contribution >= 0.6 is 19.4 Å². The number of aliphatic imine (C=N–C) groups is 2. The molecule has 9 heteroatoms. The zero-order chi connectivity index (χ0) is 24.9. The first-order valence-corrected chi connectivity index (χ1v) is 15.1. The van der Waals surface area contributed by atoms with Crippen LogP contribution in [0, 0.1) is 0 Å². The summed E-state index contributed by atoms with van der Waals surface area (Å²) < 4.78 is 11.6. The number of hydrogen-bond acceptors (Lipinski definition) is 6. The van der Waals surface area contributed by atoms with E-state index in [1.807, 2.05) is 54.6 Å². The Hall–Kier alpha value is -2.86. The monoisotopic (exact) mass is 597 g/mol. The van der Waals surface area contributed by atoms with Crippen LogP contribution in [0.3, 0.4) is 0 Å². The molecule has 2 aromatic carbocycles. The van der Waals surface area contributed by atoms with Gasteiger partial charge in [0.05, 0.1) is 0 Å². The number of rotatable bonds is 5. The molecule has 0 aliphatic carbocycles. The minimum atomic E-state index is -0.346. The number of halogens is 2. The van der Waals surface area contributed by atoms with Crippen molar-refractivity contribution in [2.45, 2.75) is 12.1 Å². The molecule has 0 spiro atoms. The molecule has 182 valence electrons. The summed E-state index contributed by atoms with van der Waals surface area (Å²) in [5.74, 6) is 1.13. The molecule has 2 atom stereocenters. The van der Waals surface area contributed by atoms with Crippen LogP contribution in [0.5, 0.6) is 0 Å². The molecule has 6 nitrogen and oxygen atoms in total. The van der Waals surface area contributed by atoms with Crippen LogP contribution in [0.1, 0.15) is 34.6 Å². The Morgan fingerprint density at radius 2 is 1.17 bits per heavy atom. The molecule has 0 radical (unpaired) electrons. The van der Waals surface area contributed by atoms with Gasteiger partial charge in [0.25, 0.3) is 0 Å². The second-order valence-electron chi connectivity index (χ2n) is 7.17. The van der Waals surface area contributed by atoms with Gasteiger partial charge in [0.15, 0.2) is 0 Å². The molecule has 3 heterocycles. The van der Waals surface area contributed by atoms with Gasteiger partial charge >= 0.3 is 34.5 Å². The molecule has 0 N–H and O–H groups in total. The fourth-order valence-electron chi connectivity index (χ4n) is 3.39. The maximum absolute atomic E-state index is 9.06. The molecule has 0 saturated carbocycles. The topological polar surface area (TPSA) is 73.1 Å². The third-order valence-electron chi connectivity index (χ3n) is 4.95. The predicted octanol–water partition coefficient (Wildman–Crippen LogP) is 5.87. The zero-order valence-electron chi connectivity index (χ0n) is 18.6. The van der Waals surface area contributed by atoms with E-state index >= 15 is 0 Å². The van der Waals surface area contributed by atoms with Crippen molar-refractivity contribution in [3.63, 3.8) is 0 Å². The van der Waals surface area contributed by atoms with Crippen molar-refractivity contribution < 1.29 is 29.4 Å². The number of allylic oxidation sites excluding steroid dienone is 1. The van der Waals surface area contributed by atoms with Crippen molar-refractivity contribution in [2.75, 3.05) is 13.2 Å². The molecular formula is C26H23Cl2N3O3Ru. The van der Waals surface area contributed by atoms with Gasteiger partial charge < -0.3 is 9.47 Å². The Kier molecular flexibility index (Phi) is 11.1. The number of hydrogen-bond donors (Lipinski definition) is 0. The van der Waals surface area contributed by atoms with E-state index in [9.17, 15) is 0 Å². The van der Waals surface area contributed by atoms with Crippen molar-refractivity contribution in [3.8, 4) is 0 Å². The van der Waals surface area contributed by atoms with Crippen molar-refractivity contribution in [1.29, 1.82) is 0 Å². The fraction of sp³-hybridized carbons (Fsp3) is 0.154. The van der Waals surface area contributed by atoms with E-state index in [4.69, 9.17) is 43.6 Å². The predicted molar refractivity (Wildman–Crippen MR) is 136 cm³/mol. The first-order valence-electron chi connectivity index (χ1n) is 10.6. The van der Waals surface area contributed by atoms with E-state index < -0.39 is 0 Å². The van der Waals surface area contributed by atoms with Gasteiger partial charge in [-0.05, 0) is 29.3 Å². The number of benzene rings is 2. The quantitative estimate of drug-likeness (QED) is 0.210. The molecule has 2 aliphatic rings. The summed E-state index contributed by atoms with van der Waals surface area (Å²) in [4.78, 5) is 23.2. The summed E-state index contributed by atoms with van der Waals surface area (Å²) in [6, 6.07) is 26.1. The summed E-state index contributed by atoms with van der Waals surface area (Å²) in [6.45, 7) is 4.16. The number of nitrogens with zero attached hydrogens (tertiary/aromatic N) is 3. The van der Waals surface area contributed by atoms with E-state index in [0.29, 0.717) is 42.7 Å². The maximum atomic E-state index is 9.06. The van der Waals surface area contributed by atoms with E-state index in [1.54, 1.807) is 0 Å². The molecule has 3 aromatic rings. The fourth-order valence-corrected chi connectivity index (χ4v) is 3.39. The number of pyridine rings is 1. The maximum Gasteiger partial charge on any atom is 0.236 e. The number of aldehydes is 1. The van der Waals surface area contributed by atoms with E-state index in [-0.39, 0.29) is 27.2 Å². The summed E-state index contributed by atoms with van der Waals surface area (Å²) in [5.41, 5.74) is 3.68. The smallest absolute Gasteiger partial charge is 0.236 e. The van der Waals surface area contributed by atoms with Crippen LogP contribution in [0.25, 0.3) is 0 Å². The first-order chi connectivity index (χ1) is 17.2. The number of ether oxygens (including phenoxy) is 2. The molecular weight excluding hydrogens is 574 g/mol. The second-order valence-corrected chi connectivity index (χ2v) is 9.81. The zero-order valence-corrected chi connectivity index (χ0v) is 21.9. The largest absolute Gasteiger partial charge is 0.474 e. The SMILES string of the molecule is C=CC=O.[Cl][Ru][Cl].c1ccc([C@H]2COC(c3cccc(C4=N[C@@H](c5ccccc5)CO4)n3)=N2)cc1. The molecule has 0 unspecified atom stereocenters. The average molecular weight is 597 g/mol. The standard InChI is InChI=1S/C23H19N3O2.C3H4O.2ClH.Ru/c1-3-8-16(9-4-1)20-14-27-22(25-20)18-12-7-13-19(24-18)23-26-21(15-28-23)17-10-5-2-6-11-17;1-2-3-4;;;/h1-13,20-21H,14-15H2;2-3H,1H2;2*1H;/q;;;;+2/p-2/t20-,21-;;;;/m1..../s1. The molecule has 0 bridgehead atoms. The Labute approximate surface area is 220 Å². The van der Waals surface area contributed by atoms with Crippen LogP contribution in [0.15, 0.2) is 102 Å². The van der Waals surface area contributed by atoms with Crippen molar-refractivity contribution in [1.82, 2.24) is 4.98 Å². The van der Waals surface area contributed by atoms with Crippen LogP contribution in [0.4, 0.5) is 0 Å². The van der Waals surface area contributed by atoms with Gasteiger partial charge in [-0.2, -0.15) is 0 Å². The van der Waals surface area contributed by atoms with Gasteiger partial charge in [0.1, 0.15) is 43.0 Å². The molecule has 0 fully saturated rings.